The normalized spacial score (nSPS) is 17.0. The summed E-state index contributed by atoms with van der Waals surface area (Å²) < 4.78 is 5.69. The first-order chi connectivity index (χ1) is 12.8. The van der Waals surface area contributed by atoms with Crippen LogP contribution in [0.2, 0.25) is 0 Å². The van der Waals surface area contributed by atoms with Crippen LogP contribution in [0.5, 0.6) is 0 Å². The topological polar surface area (TPSA) is 56.0 Å². The molecule has 1 unspecified atom stereocenters. The van der Waals surface area contributed by atoms with E-state index in [0.29, 0.717) is 0 Å². The van der Waals surface area contributed by atoms with Crippen molar-refractivity contribution in [3.05, 3.63) is 24.2 Å². The fraction of sp³-hybridized carbons (Fsp3) is 0.750. The van der Waals surface area contributed by atoms with Crippen LogP contribution in [0.3, 0.4) is 0 Å². The standard InChI is InChI=1S/C20H37N5O/c1-4-21-20(22-12-10-13-24(5-2)6-3)23-17-18(19-11-9-16-26-19)25-14-7-8-15-25/h9,11,16,18H,4-8,10,12-15,17H2,1-3H3,(H2,21,22,23). The lowest BCUT2D eigenvalue weighted by Gasteiger charge is -2.24. The highest BCUT2D eigenvalue weighted by atomic mass is 16.3. The molecule has 0 amide bonds. The van der Waals surface area contributed by atoms with Gasteiger partial charge in [-0.3, -0.25) is 9.89 Å². The molecular formula is C20H37N5O. The van der Waals surface area contributed by atoms with Crippen LogP contribution in [0.15, 0.2) is 27.8 Å². The van der Waals surface area contributed by atoms with E-state index in [1.807, 2.05) is 6.07 Å². The van der Waals surface area contributed by atoms with Crippen LogP contribution in [0.25, 0.3) is 0 Å². The lowest BCUT2D eigenvalue weighted by atomic mass is 10.2. The number of hydrogen-bond acceptors (Lipinski definition) is 4. The van der Waals surface area contributed by atoms with Gasteiger partial charge in [-0.25, -0.2) is 0 Å². The van der Waals surface area contributed by atoms with Crippen LogP contribution >= 0.6 is 0 Å². The third kappa shape index (κ3) is 6.65. The van der Waals surface area contributed by atoms with Gasteiger partial charge in [-0.2, -0.15) is 0 Å². The molecule has 2 N–H and O–H groups in total. The molecule has 0 saturated carbocycles. The first kappa shape index (κ1) is 20.8. The highest BCUT2D eigenvalue weighted by molar-refractivity contribution is 5.79. The molecule has 0 bridgehead atoms. The summed E-state index contributed by atoms with van der Waals surface area (Å²) in [6.45, 7) is 14.7. The molecule has 6 nitrogen and oxygen atoms in total. The van der Waals surface area contributed by atoms with Gasteiger partial charge in [0.05, 0.1) is 18.8 Å². The summed E-state index contributed by atoms with van der Waals surface area (Å²) in [6.07, 6.45) is 5.42. The molecule has 1 aliphatic rings. The lowest BCUT2D eigenvalue weighted by Crippen LogP contribution is -2.39. The largest absolute Gasteiger partial charge is 0.468 e. The van der Waals surface area contributed by atoms with Gasteiger partial charge >= 0.3 is 0 Å². The molecule has 26 heavy (non-hydrogen) atoms. The molecule has 148 valence electrons. The summed E-state index contributed by atoms with van der Waals surface area (Å²) in [5.74, 6) is 1.93. The molecule has 1 aliphatic heterocycles. The zero-order valence-corrected chi connectivity index (χ0v) is 16.8. The minimum atomic E-state index is 0.235. The minimum Gasteiger partial charge on any atom is -0.468 e. The quantitative estimate of drug-likeness (QED) is 0.360. The van der Waals surface area contributed by atoms with E-state index in [-0.39, 0.29) is 6.04 Å². The summed E-state index contributed by atoms with van der Waals surface area (Å²) >= 11 is 0. The summed E-state index contributed by atoms with van der Waals surface area (Å²) in [6, 6.07) is 4.28. The maximum atomic E-state index is 5.69. The van der Waals surface area contributed by atoms with E-state index in [1.165, 1.54) is 12.8 Å². The Labute approximate surface area is 159 Å². The number of likely N-dealkylation sites (tertiary alicyclic amines) is 1. The predicted molar refractivity (Wildman–Crippen MR) is 109 cm³/mol. The van der Waals surface area contributed by atoms with E-state index in [9.17, 15) is 0 Å². The fourth-order valence-corrected chi connectivity index (χ4v) is 3.49. The van der Waals surface area contributed by atoms with E-state index >= 15 is 0 Å². The minimum absolute atomic E-state index is 0.235. The second-order valence-electron chi connectivity index (χ2n) is 6.80. The van der Waals surface area contributed by atoms with Crippen molar-refractivity contribution in [1.29, 1.82) is 0 Å². The van der Waals surface area contributed by atoms with Crippen LogP contribution in [-0.4, -0.2) is 68.1 Å². The second kappa shape index (κ2) is 12.0. The molecule has 0 aromatic carbocycles. The number of nitrogens with zero attached hydrogens (tertiary/aromatic N) is 3. The molecule has 6 heteroatoms. The average Bonchev–Trinajstić information content (AvgIpc) is 3.36. The van der Waals surface area contributed by atoms with Crippen LogP contribution in [0.1, 0.15) is 51.8 Å². The first-order valence-electron chi connectivity index (χ1n) is 10.3. The predicted octanol–water partition coefficient (Wildman–Crippen LogP) is 2.70. The Morgan fingerprint density at radius 2 is 2.00 bits per heavy atom. The van der Waals surface area contributed by atoms with Crippen LogP contribution < -0.4 is 10.6 Å². The van der Waals surface area contributed by atoms with Gasteiger partial charge in [0.15, 0.2) is 5.96 Å². The summed E-state index contributed by atoms with van der Waals surface area (Å²) in [7, 11) is 0. The van der Waals surface area contributed by atoms with E-state index in [1.54, 1.807) is 6.26 Å². The molecule has 0 radical (unpaired) electrons. The van der Waals surface area contributed by atoms with Crippen molar-refractivity contribution in [2.75, 3.05) is 52.4 Å². The Kier molecular flexibility index (Phi) is 9.56. The molecule has 1 atom stereocenters. The van der Waals surface area contributed by atoms with Gasteiger partial charge in [0.2, 0.25) is 0 Å². The molecular weight excluding hydrogens is 326 g/mol. The van der Waals surface area contributed by atoms with Crippen molar-refractivity contribution >= 4 is 5.96 Å². The molecule has 1 aromatic rings. The van der Waals surface area contributed by atoms with Crippen molar-refractivity contribution in [3.63, 3.8) is 0 Å². The number of aliphatic imine (C=N–C) groups is 1. The molecule has 0 spiro atoms. The van der Waals surface area contributed by atoms with E-state index in [0.717, 1.165) is 70.5 Å². The van der Waals surface area contributed by atoms with Crippen LogP contribution in [0, 0.1) is 0 Å². The number of hydrogen-bond donors (Lipinski definition) is 2. The number of rotatable bonds is 11. The Bertz CT molecular complexity index is 492. The number of furan rings is 1. The highest BCUT2D eigenvalue weighted by Gasteiger charge is 2.25. The zero-order chi connectivity index (χ0) is 18.6. The Morgan fingerprint density at radius 3 is 2.62 bits per heavy atom. The summed E-state index contributed by atoms with van der Waals surface area (Å²) in [4.78, 5) is 9.79. The van der Waals surface area contributed by atoms with Crippen molar-refractivity contribution in [2.24, 2.45) is 4.99 Å². The van der Waals surface area contributed by atoms with Gasteiger partial charge in [0.1, 0.15) is 5.76 Å². The SMILES string of the molecule is CCNC(=NCC(c1ccco1)N1CCCC1)NCCCN(CC)CC. The summed E-state index contributed by atoms with van der Waals surface area (Å²) in [5, 5.41) is 6.84. The number of nitrogens with one attached hydrogen (secondary N) is 2. The monoisotopic (exact) mass is 363 g/mol. The molecule has 1 saturated heterocycles. The fourth-order valence-electron chi connectivity index (χ4n) is 3.49. The third-order valence-corrected chi connectivity index (χ3v) is 5.06. The molecule has 2 heterocycles. The van der Waals surface area contributed by atoms with Gasteiger partial charge in [-0.1, -0.05) is 13.8 Å². The van der Waals surface area contributed by atoms with Crippen molar-refractivity contribution < 1.29 is 4.42 Å². The van der Waals surface area contributed by atoms with Gasteiger partial charge in [0, 0.05) is 13.1 Å². The van der Waals surface area contributed by atoms with E-state index in [4.69, 9.17) is 9.41 Å². The highest BCUT2D eigenvalue weighted by Crippen LogP contribution is 2.25. The average molecular weight is 364 g/mol. The van der Waals surface area contributed by atoms with Gasteiger partial charge in [-0.05, 0) is 71.0 Å². The van der Waals surface area contributed by atoms with Gasteiger partial charge in [-0.15, -0.1) is 0 Å². The molecule has 1 aromatic heterocycles. The lowest BCUT2D eigenvalue weighted by molar-refractivity contribution is 0.221. The third-order valence-electron chi connectivity index (χ3n) is 5.06. The Morgan fingerprint density at radius 1 is 1.23 bits per heavy atom. The Hall–Kier alpha value is -1.53. The van der Waals surface area contributed by atoms with Gasteiger partial charge in [0.25, 0.3) is 0 Å². The summed E-state index contributed by atoms with van der Waals surface area (Å²) in [5.41, 5.74) is 0. The van der Waals surface area contributed by atoms with Crippen LogP contribution in [0.4, 0.5) is 0 Å². The smallest absolute Gasteiger partial charge is 0.191 e. The molecule has 0 aliphatic carbocycles. The van der Waals surface area contributed by atoms with Crippen molar-refractivity contribution in [2.45, 2.75) is 46.1 Å². The van der Waals surface area contributed by atoms with Crippen molar-refractivity contribution in [3.8, 4) is 0 Å². The maximum absolute atomic E-state index is 5.69. The molecule has 1 fully saturated rings. The van der Waals surface area contributed by atoms with E-state index in [2.05, 4.69) is 47.3 Å². The first-order valence-corrected chi connectivity index (χ1v) is 10.3. The van der Waals surface area contributed by atoms with Crippen molar-refractivity contribution in [1.82, 2.24) is 20.4 Å². The van der Waals surface area contributed by atoms with E-state index < -0.39 is 0 Å². The number of guanidine groups is 1. The van der Waals surface area contributed by atoms with Crippen LogP contribution in [-0.2, 0) is 0 Å². The second-order valence-corrected chi connectivity index (χ2v) is 6.80. The maximum Gasteiger partial charge on any atom is 0.191 e. The van der Waals surface area contributed by atoms with Gasteiger partial charge < -0.3 is 20.0 Å². The molecule has 2 rings (SSSR count). The Balaban J connectivity index is 1.88. The zero-order valence-electron chi connectivity index (χ0n) is 16.8.